The lowest BCUT2D eigenvalue weighted by atomic mass is 9.95. The van der Waals surface area contributed by atoms with Gasteiger partial charge >= 0.3 is 0 Å². The number of amides is 1. The van der Waals surface area contributed by atoms with Crippen LogP contribution in [0, 0.1) is 0 Å². The molecule has 1 aromatic rings. The van der Waals surface area contributed by atoms with E-state index in [1.54, 1.807) is 0 Å². The van der Waals surface area contributed by atoms with Crippen molar-refractivity contribution in [1.82, 2.24) is 5.32 Å². The third-order valence-electron chi connectivity index (χ3n) is 3.44. The Kier molecular flexibility index (Phi) is 7.84. The van der Waals surface area contributed by atoms with Crippen LogP contribution in [0.25, 0.3) is 0 Å². The molecule has 1 unspecified atom stereocenters. The minimum atomic E-state index is -0.330. The maximum Gasteiger partial charge on any atom is 0.221 e. The van der Waals surface area contributed by atoms with E-state index in [0.29, 0.717) is 13.0 Å². The van der Waals surface area contributed by atoms with Crippen LogP contribution in [0.1, 0.15) is 51.2 Å². The second-order valence-corrected chi connectivity index (χ2v) is 5.84. The third kappa shape index (κ3) is 5.93. The number of hydrogen-bond acceptors (Lipinski definition) is 2. The molecule has 0 fully saturated rings. The van der Waals surface area contributed by atoms with Gasteiger partial charge in [-0.2, -0.15) is 0 Å². The van der Waals surface area contributed by atoms with Crippen molar-refractivity contribution in [2.75, 3.05) is 6.54 Å². The summed E-state index contributed by atoms with van der Waals surface area (Å²) in [7, 11) is 0. The summed E-state index contributed by atoms with van der Waals surface area (Å²) in [5.41, 5.74) is 7.81. The van der Waals surface area contributed by atoms with Crippen molar-refractivity contribution in [3.05, 3.63) is 35.4 Å². The van der Waals surface area contributed by atoms with Crippen LogP contribution in [-0.4, -0.2) is 18.0 Å². The van der Waals surface area contributed by atoms with E-state index in [0.717, 1.165) is 6.42 Å². The Labute approximate surface area is 128 Å². The van der Waals surface area contributed by atoms with E-state index in [9.17, 15) is 4.79 Å². The molecule has 3 nitrogen and oxygen atoms in total. The lowest BCUT2D eigenvalue weighted by Crippen LogP contribution is -2.49. The van der Waals surface area contributed by atoms with Crippen molar-refractivity contribution in [1.29, 1.82) is 0 Å². The molecule has 0 saturated heterocycles. The quantitative estimate of drug-likeness (QED) is 0.848. The molecule has 1 atom stereocenters. The Bertz CT molecular complexity index is 415. The second kappa shape index (κ2) is 8.28. The van der Waals surface area contributed by atoms with Crippen LogP contribution in [0.5, 0.6) is 0 Å². The Morgan fingerprint density at radius 1 is 1.30 bits per heavy atom. The summed E-state index contributed by atoms with van der Waals surface area (Å²) in [4.78, 5) is 12.0. The van der Waals surface area contributed by atoms with Gasteiger partial charge in [-0.25, -0.2) is 0 Å². The molecule has 3 N–H and O–H groups in total. The van der Waals surface area contributed by atoms with E-state index >= 15 is 0 Å². The van der Waals surface area contributed by atoms with E-state index in [1.807, 2.05) is 13.8 Å². The zero-order chi connectivity index (χ0) is 14.5. The summed E-state index contributed by atoms with van der Waals surface area (Å²) in [6.07, 6.45) is 1.54. The lowest BCUT2D eigenvalue weighted by Gasteiger charge is -2.25. The van der Waals surface area contributed by atoms with Crippen LogP contribution in [0.3, 0.4) is 0 Å². The van der Waals surface area contributed by atoms with E-state index in [1.165, 1.54) is 11.1 Å². The number of aryl methyl sites for hydroxylation is 1. The minimum Gasteiger partial charge on any atom is -0.350 e. The summed E-state index contributed by atoms with van der Waals surface area (Å²) in [6.45, 7) is 8.53. The van der Waals surface area contributed by atoms with Gasteiger partial charge in [0.1, 0.15) is 0 Å². The van der Waals surface area contributed by atoms with Crippen molar-refractivity contribution in [3.63, 3.8) is 0 Å². The van der Waals surface area contributed by atoms with Gasteiger partial charge in [-0.15, -0.1) is 12.4 Å². The summed E-state index contributed by atoms with van der Waals surface area (Å²) >= 11 is 0. The Balaban J connectivity index is 0.00000361. The monoisotopic (exact) mass is 298 g/mol. The fourth-order valence-electron chi connectivity index (χ4n) is 1.96. The van der Waals surface area contributed by atoms with Crippen LogP contribution in [0.4, 0.5) is 0 Å². The van der Waals surface area contributed by atoms with Gasteiger partial charge in [0.25, 0.3) is 0 Å². The fraction of sp³-hybridized carbons (Fsp3) is 0.562. The molecule has 4 heteroatoms. The first kappa shape index (κ1) is 18.9. The number of nitrogens with two attached hydrogens (primary N) is 1. The topological polar surface area (TPSA) is 55.1 Å². The second-order valence-electron chi connectivity index (χ2n) is 5.84. The number of benzene rings is 1. The van der Waals surface area contributed by atoms with Crippen LogP contribution < -0.4 is 11.1 Å². The highest BCUT2D eigenvalue weighted by Gasteiger charge is 2.19. The molecule has 1 aromatic carbocycles. The number of nitrogens with one attached hydrogen (secondary N) is 1. The van der Waals surface area contributed by atoms with Crippen molar-refractivity contribution >= 4 is 18.3 Å². The first-order chi connectivity index (χ1) is 8.88. The molecule has 0 saturated carbocycles. The van der Waals surface area contributed by atoms with Gasteiger partial charge in [-0.1, -0.05) is 38.1 Å². The molecule has 0 radical (unpaired) electrons. The maximum absolute atomic E-state index is 12.0. The third-order valence-corrected chi connectivity index (χ3v) is 3.44. The average molecular weight is 299 g/mol. The molecular formula is C16H27ClN2O. The first-order valence-corrected chi connectivity index (χ1v) is 6.98. The van der Waals surface area contributed by atoms with Gasteiger partial charge in [0.15, 0.2) is 0 Å². The molecule has 114 valence electrons. The molecule has 1 rings (SSSR count). The zero-order valence-electron chi connectivity index (χ0n) is 12.9. The van der Waals surface area contributed by atoms with Gasteiger partial charge in [0.05, 0.1) is 0 Å². The molecule has 1 amide bonds. The van der Waals surface area contributed by atoms with Crippen molar-refractivity contribution in [3.8, 4) is 0 Å². The summed E-state index contributed by atoms with van der Waals surface area (Å²) in [5.74, 6) is 0.280. The van der Waals surface area contributed by atoms with Gasteiger partial charge in [-0.3, -0.25) is 4.79 Å². The SMILES string of the molecule is CCc1ccc(C(C)CC(=O)NC(C)(C)CN)cc1.Cl. The van der Waals surface area contributed by atoms with Crippen molar-refractivity contribution in [2.24, 2.45) is 5.73 Å². The van der Waals surface area contributed by atoms with Gasteiger partial charge in [0.2, 0.25) is 5.91 Å². The number of carbonyl (C=O) groups is 1. The highest BCUT2D eigenvalue weighted by Crippen LogP contribution is 2.20. The highest BCUT2D eigenvalue weighted by molar-refractivity contribution is 5.85. The van der Waals surface area contributed by atoms with Crippen molar-refractivity contribution in [2.45, 2.75) is 52.0 Å². The van der Waals surface area contributed by atoms with Gasteiger partial charge in [-0.05, 0) is 37.3 Å². The van der Waals surface area contributed by atoms with E-state index in [-0.39, 0.29) is 29.8 Å². The van der Waals surface area contributed by atoms with Crippen LogP contribution in [0.2, 0.25) is 0 Å². The highest BCUT2D eigenvalue weighted by atomic mass is 35.5. The molecule has 0 aliphatic heterocycles. The molecule has 0 spiro atoms. The number of rotatable bonds is 6. The smallest absolute Gasteiger partial charge is 0.221 e. The molecule has 0 heterocycles. The summed E-state index contributed by atoms with van der Waals surface area (Å²) in [5, 5.41) is 2.97. The first-order valence-electron chi connectivity index (χ1n) is 6.98. The van der Waals surface area contributed by atoms with Crippen LogP contribution in [0.15, 0.2) is 24.3 Å². The Hall–Kier alpha value is -1.06. The average Bonchev–Trinajstić information content (AvgIpc) is 2.38. The maximum atomic E-state index is 12.0. The van der Waals surface area contributed by atoms with E-state index in [4.69, 9.17) is 5.73 Å². The molecule has 20 heavy (non-hydrogen) atoms. The minimum absolute atomic E-state index is 0. The number of hydrogen-bond donors (Lipinski definition) is 2. The largest absolute Gasteiger partial charge is 0.350 e. The summed E-state index contributed by atoms with van der Waals surface area (Å²) in [6, 6.07) is 8.50. The number of carbonyl (C=O) groups excluding carboxylic acids is 1. The number of halogens is 1. The summed E-state index contributed by atoms with van der Waals surface area (Å²) < 4.78 is 0. The van der Waals surface area contributed by atoms with E-state index in [2.05, 4.69) is 43.4 Å². The van der Waals surface area contributed by atoms with Crippen LogP contribution in [-0.2, 0) is 11.2 Å². The normalized spacial score (nSPS) is 12.4. The molecule has 0 aliphatic rings. The molecule has 0 bridgehead atoms. The van der Waals surface area contributed by atoms with Crippen LogP contribution >= 0.6 is 12.4 Å². The predicted octanol–water partition coefficient (Wildman–Crippen LogP) is 3.02. The van der Waals surface area contributed by atoms with Gasteiger partial charge < -0.3 is 11.1 Å². The molecular weight excluding hydrogens is 272 g/mol. The lowest BCUT2D eigenvalue weighted by molar-refractivity contribution is -0.122. The molecule has 0 aliphatic carbocycles. The molecule has 0 aromatic heterocycles. The van der Waals surface area contributed by atoms with Crippen molar-refractivity contribution < 1.29 is 4.79 Å². The van der Waals surface area contributed by atoms with Gasteiger partial charge in [0, 0.05) is 18.5 Å². The predicted molar refractivity (Wildman–Crippen MR) is 87.4 cm³/mol. The zero-order valence-corrected chi connectivity index (χ0v) is 13.7. The Morgan fingerprint density at radius 2 is 1.85 bits per heavy atom. The standard InChI is InChI=1S/C16H26N2O.ClH/c1-5-13-6-8-14(9-7-13)12(2)10-15(19)18-16(3,4)11-17;/h6-9,12H,5,10-11,17H2,1-4H3,(H,18,19);1H. The fourth-order valence-corrected chi connectivity index (χ4v) is 1.96. The Morgan fingerprint density at radius 3 is 2.30 bits per heavy atom. The van der Waals surface area contributed by atoms with E-state index < -0.39 is 0 Å².